The summed E-state index contributed by atoms with van der Waals surface area (Å²) in [5.74, 6) is -1.46. The maximum atomic E-state index is 14.1. The number of hydrogen-bond acceptors (Lipinski definition) is 1. The number of amides is 2. The summed E-state index contributed by atoms with van der Waals surface area (Å²) < 4.78 is 27.3. The van der Waals surface area contributed by atoms with E-state index in [1.807, 2.05) is 42.5 Å². The van der Waals surface area contributed by atoms with Gasteiger partial charge in [-0.3, -0.25) is 0 Å². The molecule has 1 N–H and O–H groups in total. The summed E-state index contributed by atoms with van der Waals surface area (Å²) in [5.41, 5.74) is 3.53. The molecule has 0 saturated heterocycles. The topological polar surface area (TPSA) is 32.3 Å². The summed E-state index contributed by atoms with van der Waals surface area (Å²) in [4.78, 5) is 14.9. The number of benzene rings is 3. The van der Waals surface area contributed by atoms with Gasteiger partial charge in [-0.2, -0.15) is 0 Å². The van der Waals surface area contributed by atoms with Gasteiger partial charge >= 0.3 is 6.03 Å². The Morgan fingerprint density at radius 2 is 1.69 bits per heavy atom. The van der Waals surface area contributed by atoms with Crippen LogP contribution in [0.2, 0.25) is 0 Å². The van der Waals surface area contributed by atoms with E-state index in [4.69, 9.17) is 0 Å². The lowest BCUT2D eigenvalue weighted by Gasteiger charge is -2.35. The molecule has 5 heteroatoms. The number of halogens is 2. The van der Waals surface area contributed by atoms with Crippen LogP contribution in [0.25, 0.3) is 0 Å². The summed E-state index contributed by atoms with van der Waals surface area (Å²) >= 11 is 0. The van der Waals surface area contributed by atoms with Crippen molar-refractivity contribution in [2.75, 3.05) is 5.32 Å². The lowest BCUT2D eigenvalue weighted by molar-refractivity contribution is 0.176. The standard InChI is InChI=1S/C24H22F2N2O/c25-20-11-13-23(22(26)15-20)27-24(29)28(16-17-6-2-1-3-7-17)21-12-10-18-8-4-5-9-19(18)14-21/h1-9,11,13,15,21H,10,12,14,16H2,(H,27,29). The van der Waals surface area contributed by atoms with Crippen LogP contribution in [-0.4, -0.2) is 17.0 Å². The summed E-state index contributed by atoms with van der Waals surface area (Å²) in [6.45, 7) is 0.419. The highest BCUT2D eigenvalue weighted by Crippen LogP contribution is 2.26. The molecule has 2 amide bonds. The van der Waals surface area contributed by atoms with Crippen LogP contribution < -0.4 is 5.32 Å². The Bertz CT molecular complexity index is 1010. The lowest BCUT2D eigenvalue weighted by atomic mass is 9.87. The summed E-state index contributed by atoms with van der Waals surface area (Å²) in [7, 11) is 0. The van der Waals surface area contributed by atoms with Crippen molar-refractivity contribution in [3.8, 4) is 0 Å². The Labute approximate surface area is 169 Å². The first-order valence-electron chi connectivity index (χ1n) is 9.73. The van der Waals surface area contributed by atoms with Crippen molar-refractivity contribution in [2.24, 2.45) is 0 Å². The number of aryl methyl sites for hydroxylation is 1. The van der Waals surface area contributed by atoms with E-state index in [0.29, 0.717) is 6.54 Å². The number of rotatable bonds is 4. The van der Waals surface area contributed by atoms with Crippen molar-refractivity contribution in [3.63, 3.8) is 0 Å². The monoisotopic (exact) mass is 392 g/mol. The molecule has 1 unspecified atom stereocenters. The molecular weight excluding hydrogens is 370 g/mol. The molecule has 1 aliphatic carbocycles. The molecule has 4 rings (SSSR count). The molecule has 0 heterocycles. The van der Waals surface area contributed by atoms with E-state index in [2.05, 4.69) is 17.4 Å². The van der Waals surface area contributed by atoms with Gasteiger partial charge in [0, 0.05) is 18.7 Å². The third-order valence-corrected chi connectivity index (χ3v) is 5.39. The Balaban J connectivity index is 1.59. The normalized spacial score (nSPS) is 15.4. The van der Waals surface area contributed by atoms with Crippen molar-refractivity contribution in [3.05, 3.63) is 101 Å². The number of nitrogens with one attached hydrogen (secondary N) is 1. The smallest absolute Gasteiger partial charge is 0.317 e. The average molecular weight is 392 g/mol. The molecule has 0 spiro atoms. The maximum Gasteiger partial charge on any atom is 0.322 e. The van der Waals surface area contributed by atoms with E-state index in [-0.39, 0.29) is 17.8 Å². The van der Waals surface area contributed by atoms with Gasteiger partial charge in [0.1, 0.15) is 11.6 Å². The highest BCUT2D eigenvalue weighted by atomic mass is 19.1. The van der Waals surface area contributed by atoms with E-state index >= 15 is 0 Å². The number of carbonyl (C=O) groups excluding carboxylic acids is 1. The van der Waals surface area contributed by atoms with E-state index < -0.39 is 11.6 Å². The van der Waals surface area contributed by atoms with Crippen molar-refractivity contribution in [2.45, 2.75) is 31.8 Å². The van der Waals surface area contributed by atoms with Crippen molar-refractivity contribution in [1.82, 2.24) is 4.90 Å². The third-order valence-electron chi connectivity index (χ3n) is 5.39. The van der Waals surface area contributed by atoms with Crippen molar-refractivity contribution >= 4 is 11.7 Å². The van der Waals surface area contributed by atoms with Crippen LogP contribution in [0.15, 0.2) is 72.8 Å². The predicted octanol–water partition coefficient (Wildman–Crippen LogP) is 5.56. The summed E-state index contributed by atoms with van der Waals surface area (Å²) in [6, 6.07) is 20.8. The summed E-state index contributed by atoms with van der Waals surface area (Å²) in [5, 5.41) is 2.62. The second-order valence-electron chi connectivity index (χ2n) is 7.33. The van der Waals surface area contributed by atoms with Gasteiger partial charge in [0.2, 0.25) is 0 Å². The molecule has 3 aromatic carbocycles. The number of anilines is 1. The average Bonchev–Trinajstić information content (AvgIpc) is 2.74. The van der Waals surface area contributed by atoms with E-state index in [9.17, 15) is 13.6 Å². The van der Waals surface area contributed by atoms with Crippen molar-refractivity contribution in [1.29, 1.82) is 0 Å². The highest BCUT2D eigenvalue weighted by Gasteiger charge is 2.28. The van der Waals surface area contributed by atoms with Gasteiger partial charge in [-0.15, -0.1) is 0 Å². The minimum absolute atomic E-state index is 0.00591. The third kappa shape index (κ3) is 4.45. The Morgan fingerprint density at radius 1 is 0.966 bits per heavy atom. The molecule has 3 aromatic rings. The van der Waals surface area contributed by atoms with Gasteiger partial charge in [0.05, 0.1) is 5.69 Å². The Morgan fingerprint density at radius 3 is 2.45 bits per heavy atom. The van der Waals surface area contributed by atoms with Crippen LogP contribution in [0.1, 0.15) is 23.1 Å². The van der Waals surface area contributed by atoms with Gasteiger partial charge in [0.15, 0.2) is 0 Å². The zero-order valence-electron chi connectivity index (χ0n) is 15.9. The van der Waals surface area contributed by atoms with E-state index in [0.717, 1.165) is 37.0 Å². The van der Waals surface area contributed by atoms with Crippen LogP contribution in [0, 0.1) is 11.6 Å². The Hall–Kier alpha value is -3.21. The number of carbonyl (C=O) groups is 1. The predicted molar refractivity (Wildman–Crippen MR) is 110 cm³/mol. The molecule has 0 aromatic heterocycles. The molecule has 0 bridgehead atoms. The van der Waals surface area contributed by atoms with Crippen LogP contribution in [0.3, 0.4) is 0 Å². The molecule has 29 heavy (non-hydrogen) atoms. The van der Waals surface area contributed by atoms with Gasteiger partial charge in [-0.25, -0.2) is 13.6 Å². The van der Waals surface area contributed by atoms with E-state index in [1.54, 1.807) is 4.90 Å². The molecule has 3 nitrogen and oxygen atoms in total. The summed E-state index contributed by atoms with van der Waals surface area (Å²) in [6.07, 6.45) is 2.48. The lowest BCUT2D eigenvalue weighted by Crippen LogP contribution is -2.45. The maximum absolute atomic E-state index is 14.1. The molecule has 0 saturated carbocycles. The molecule has 0 aliphatic heterocycles. The quantitative estimate of drug-likeness (QED) is 0.620. The first-order valence-corrected chi connectivity index (χ1v) is 9.73. The molecule has 0 fully saturated rings. The molecule has 1 aliphatic rings. The fraction of sp³-hybridized carbons (Fsp3) is 0.208. The fourth-order valence-electron chi connectivity index (χ4n) is 3.87. The highest BCUT2D eigenvalue weighted by molar-refractivity contribution is 5.89. The number of fused-ring (bicyclic) bond motifs is 1. The van der Waals surface area contributed by atoms with Crippen LogP contribution >= 0.6 is 0 Å². The van der Waals surface area contributed by atoms with Crippen LogP contribution in [-0.2, 0) is 19.4 Å². The Kier molecular flexibility index (Phi) is 5.56. The SMILES string of the molecule is O=C(Nc1ccc(F)cc1F)N(Cc1ccccc1)C1CCc2ccccc2C1. The van der Waals surface area contributed by atoms with E-state index in [1.165, 1.54) is 17.2 Å². The van der Waals surface area contributed by atoms with Gasteiger partial charge in [-0.05, 0) is 48.1 Å². The van der Waals surface area contributed by atoms with Crippen molar-refractivity contribution < 1.29 is 13.6 Å². The second-order valence-corrected chi connectivity index (χ2v) is 7.33. The zero-order chi connectivity index (χ0) is 20.2. The van der Waals surface area contributed by atoms with Crippen LogP contribution in [0.4, 0.5) is 19.3 Å². The molecule has 0 radical (unpaired) electrons. The largest absolute Gasteiger partial charge is 0.322 e. The number of hydrogen-bond donors (Lipinski definition) is 1. The first-order chi connectivity index (χ1) is 14.1. The zero-order valence-corrected chi connectivity index (χ0v) is 15.9. The second kappa shape index (κ2) is 8.43. The first kappa shape index (κ1) is 19.1. The minimum atomic E-state index is -0.785. The van der Waals surface area contributed by atoms with Gasteiger partial charge in [-0.1, -0.05) is 54.6 Å². The van der Waals surface area contributed by atoms with Gasteiger partial charge < -0.3 is 10.2 Å². The minimum Gasteiger partial charge on any atom is -0.317 e. The number of nitrogens with zero attached hydrogens (tertiary/aromatic N) is 1. The van der Waals surface area contributed by atoms with Crippen LogP contribution in [0.5, 0.6) is 0 Å². The van der Waals surface area contributed by atoms with Gasteiger partial charge in [0.25, 0.3) is 0 Å². The number of urea groups is 1. The molecule has 148 valence electrons. The fourth-order valence-corrected chi connectivity index (χ4v) is 3.87. The molecular formula is C24H22F2N2O. The molecule has 1 atom stereocenters.